The van der Waals surface area contributed by atoms with Crippen LogP contribution in [0.5, 0.6) is 0 Å². The Morgan fingerprint density at radius 1 is 1.65 bits per heavy atom. The fourth-order valence-corrected chi connectivity index (χ4v) is 2.74. The minimum atomic E-state index is -1.06. The number of nitrogens with one attached hydrogen (secondary N) is 1. The molecule has 2 atom stereocenters. The molecule has 2 unspecified atom stereocenters. The number of carbonyl (C=O) groups is 2. The van der Waals surface area contributed by atoms with Crippen molar-refractivity contribution in [3.8, 4) is 0 Å². The van der Waals surface area contributed by atoms with Crippen LogP contribution in [0.15, 0.2) is 5.38 Å². The predicted octanol–water partition coefficient (Wildman–Crippen LogP) is 1.33. The molecule has 110 valence electrons. The van der Waals surface area contributed by atoms with E-state index in [9.17, 15) is 9.59 Å². The van der Waals surface area contributed by atoms with E-state index in [1.54, 1.807) is 11.8 Å². The highest BCUT2D eigenvalue weighted by Gasteiger charge is 2.25. The first-order valence-electron chi connectivity index (χ1n) is 6.32. The Balaban J connectivity index is 1.97. The summed E-state index contributed by atoms with van der Waals surface area (Å²) < 4.78 is 5.28. The second-order valence-corrected chi connectivity index (χ2v) is 5.55. The van der Waals surface area contributed by atoms with Gasteiger partial charge in [-0.05, 0) is 13.8 Å². The van der Waals surface area contributed by atoms with Crippen molar-refractivity contribution in [2.75, 3.05) is 19.8 Å². The molecule has 1 fully saturated rings. The summed E-state index contributed by atoms with van der Waals surface area (Å²) >= 11 is 1.23. The topological polar surface area (TPSA) is 91.8 Å². The van der Waals surface area contributed by atoms with Crippen molar-refractivity contribution in [2.45, 2.75) is 25.9 Å². The van der Waals surface area contributed by atoms with Gasteiger partial charge in [-0.3, -0.25) is 0 Å². The summed E-state index contributed by atoms with van der Waals surface area (Å²) in [5.74, 6) is -1.06. The van der Waals surface area contributed by atoms with E-state index >= 15 is 0 Å². The van der Waals surface area contributed by atoms with Gasteiger partial charge in [-0.15, -0.1) is 11.3 Å². The molecule has 7 nitrogen and oxygen atoms in total. The number of rotatable bonds is 3. The van der Waals surface area contributed by atoms with Gasteiger partial charge in [0.05, 0.1) is 25.3 Å². The Bertz CT molecular complexity index is 505. The van der Waals surface area contributed by atoms with Crippen LogP contribution in [-0.2, 0) is 4.74 Å². The zero-order valence-electron chi connectivity index (χ0n) is 11.3. The molecular formula is C12H17N3O4S. The third-order valence-electron chi connectivity index (χ3n) is 3.08. The summed E-state index contributed by atoms with van der Waals surface area (Å²) in [6.07, 6.45) is 0. The molecule has 0 aliphatic carbocycles. The van der Waals surface area contributed by atoms with Crippen LogP contribution >= 0.6 is 11.3 Å². The van der Waals surface area contributed by atoms with Gasteiger partial charge in [-0.25, -0.2) is 14.6 Å². The van der Waals surface area contributed by atoms with Crippen LogP contribution in [0.25, 0.3) is 0 Å². The molecule has 0 saturated carbocycles. The number of amides is 2. The van der Waals surface area contributed by atoms with Gasteiger partial charge in [0.25, 0.3) is 0 Å². The number of thiazole rings is 1. The number of ether oxygens (including phenoxy) is 1. The van der Waals surface area contributed by atoms with Gasteiger partial charge in [-0.2, -0.15) is 0 Å². The maximum absolute atomic E-state index is 12.2. The second-order valence-electron chi connectivity index (χ2n) is 4.66. The molecule has 1 aliphatic heterocycles. The van der Waals surface area contributed by atoms with E-state index in [-0.39, 0.29) is 23.8 Å². The van der Waals surface area contributed by atoms with Crippen molar-refractivity contribution in [3.63, 3.8) is 0 Å². The van der Waals surface area contributed by atoms with E-state index in [2.05, 4.69) is 10.3 Å². The van der Waals surface area contributed by atoms with Crippen LogP contribution in [0, 0.1) is 0 Å². The number of hydrogen-bond acceptors (Lipinski definition) is 5. The van der Waals surface area contributed by atoms with E-state index in [0.717, 1.165) is 0 Å². The smallest absolute Gasteiger partial charge is 0.355 e. The van der Waals surface area contributed by atoms with Crippen LogP contribution in [0.3, 0.4) is 0 Å². The van der Waals surface area contributed by atoms with Crippen molar-refractivity contribution in [1.29, 1.82) is 0 Å². The monoisotopic (exact) mass is 299 g/mol. The Labute approximate surface area is 120 Å². The van der Waals surface area contributed by atoms with Gasteiger partial charge in [0.1, 0.15) is 5.01 Å². The van der Waals surface area contributed by atoms with E-state index < -0.39 is 5.97 Å². The Morgan fingerprint density at radius 3 is 3.00 bits per heavy atom. The third-order valence-corrected chi connectivity index (χ3v) is 4.11. The van der Waals surface area contributed by atoms with Gasteiger partial charge in [-0.1, -0.05) is 0 Å². The standard InChI is InChI=1S/C12H17N3O4S/c1-7-5-19-4-3-15(7)12(18)13-8(2)10-14-9(6-20-10)11(16)17/h6-8H,3-5H2,1-2H3,(H,13,18)(H,16,17). The molecule has 2 rings (SSSR count). The number of carboxylic acid groups (broad SMARTS) is 1. The molecule has 8 heteroatoms. The first-order valence-corrected chi connectivity index (χ1v) is 7.20. The van der Waals surface area contributed by atoms with Crippen LogP contribution < -0.4 is 5.32 Å². The summed E-state index contributed by atoms with van der Waals surface area (Å²) in [6.45, 7) is 5.33. The summed E-state index contributed by atoms with van der Waals surface area (Å²) in [5, 5.41) is 13.7. The van der Waals surface area contributed by atoms with E-state index in [1.807, 2.05) is 6.92 Å². The highest BCUT2D eigenvalue weighted by Crippen LogP contribution is 2.18. The zero-order chi connectivity index (χ0) is 14.7. The summed E-state index contributed by atoms with van der Waals surface area (Å²) in [4.78, 5) is 28.6. The van der Waals surface area contributed by atoms with Crippen LogP contribution in [0.4, 0.5) is 4.79 Å². The molecule has 1 saturated heterocycles. The number of urea groups is 1. The molecule has 1 aliphatic rings. The highest BCUT2D eigenvalue weighted by atomic mass is 32.1. The zero-order valence-corrected chi connectivity index (χ0v) is 12.1. The maximum Gasteiger partial charge on any atom is 0.355 e. The van der Waals surface area contributed by atoms with Gasteiger partial charge in [0, 0.05) is 11.9 Å². The molecule has 2 N–H and O–H groups in total. The van der Waals surface area contributed by atoms with Crippen molar-refractivity contribution in [3.05, 3.63) is 16.1 Å². The average molecular weight is 299 g/mol. The average Bonchev–Trinajstić information content (AvgIpc) is 2.88. The lowest BCUT2D eigenvalue weighted by Crippen LogP contribution is -2.51. The van der Waals surface area contributed by atoms with Crippen LogP contribution in [-0.4, -0.2) is 52.8 Å². The van der Waals surface area contributed by atoms with Crippen LogP contribution in [0.1, 0.15) is 35.4 Å². The van der Waals surface area contributed by atoms with Crippen molar-refractivity contribution in [2.24, 2.45) is 0 Å². The number of nitrogens with zero attached hydrogens (tertiary/aromatic N) is 2. The predicted molar refractivity (Wildman–Crippen MR) is 73.0 cm³/mol. The number of carboxylic acids is 1. The molecule has 20 heavy (non-hydrogen) atoms. The number of aromatic carboxylic acids is 1. The SMILES string of the molecule is CC(NC(=O)N1CCOCC1C)c1nc(C(=O)O)cs1. The Morgan fingerprint density at radius 2 is 2.40 bits per heavy atom. The quantitative estimate of drug-likeness (QED) is 0.878. The first-order chi connectivity index (χ1) is 9.49. The number of carbonyl (C=O) groups excluding carboxylic acids is 1. The molecule has 0 bridgehead atoms. The number of morpholine rings is 1. The normalized spacial score (nSPS) is 20.5. The van der Waals surface area contributed by atoms with Crippen molar-refractivity contribution >= 4 is 23.3 Å². The minimum Gasteiger partial charge on any atom is -0.476 e. The molecule has 2 amide bonds. The minimum absolute atomic E-state index is 0.00541. The molecule has 1 aromatic rings. The van der Waals surface area contributed by atoms with E-state index in [4.69, 9.17) is 9.84 Å². The second kappa shape index (κ2) is 6.19. The van der Waals surface area contributed by atoms with Crippen molar-refractivity contribution in [1.82, 2.24) is 15.2 Å². The fourth-order valence-electron chi connectivity index (χ4n) is 1.94. The molecule has 0 aromatic carbocycles. The van der Waals surface area contributed by atoms with Crippen LogP contribution in [0.2, 0.25) is 0 Å². The molecule has 0 radical (unpaired) electrons. The summed E-state index contributed by atoms with van der Waals surface area (Å²) in [6, 6.07) is -0.474. The Kier molecular flexibility index (Phi) is 4.56. The number of aromatic nitrogens is 1. The largest absolute Gasteiger partial charge is 0.476 e. The van der Waals surface area contributed by atoms with E-state index in [1.165, 1.54) is 16.7 Å². The van der Waals surface area contributed by atoms with Gasteiger partial charge in [0.2, 0.25) is 0 Å². The third kappa shape index (κ3) is 3.26. The van der Waals surface area contributed by atoms with E-state index in [0.29, 0.717) is 24.8 Å². The lowest BCUT2D eigenvalue weighted by molar-refractivity contribution is 0.0185. The van der Waals surface area contributed by atoms with Gasteiger partial charge in [0.15, 0.2) is 5.69 Å². The molecule has 0 spiro atoms. The maximum atomic E-state index is 12.2. The lowest BCUT2D eigenvalue weighted by Gasteiger charge is -2.33. The van der Waals surface area contributed by atoms with Gasteiger partial charge >= 0.3 is 12.0 Å². The molecule has 1 aromatic heterocycles. The fraction of sp³-hybridized carbons (Fsp3) is 0.583. The highest BCUT2D eigenvalue weighted by molar-refractivity contribution is 7.09. The molecule has 2 heterocycles. The summed E-state index contributed by atoms with van der Waals surface area (Å²) in [5.41, 5.74) is 0.00541. The Hall–Kier alpha value is -1.67. The van der Waals surface area contributed by atoms with Crippen molar-refractivity contribution < 1.29 is 19.4 Å². The lowest BCUT2D eigenvalue weighted by atomic mass is 10.2. The number of hydrogen-bond donors (Lipinski definition) is 2. The van der Waals surface area contributed by atoms with Gasteiger partial charge < -0.3 is 20.1 Å². The summed E-state index contributed by atoms with van der Waals surface area (Å²) in [7, 11) is 0. The first kappa shape index (κ1) is 14.7. The molecular weight excluding hydrogens is 282 g/mol.